The highest BCUT2D eigenvalue weighted by molar-refractivity contribution is 5.91. The third-order valence-corrected chi connectivity index (χ3v) is 2.68. The molecule has 0 radical (unpaired) electrons. The molecule has 0 atom stereocenters. The highest BCUT2D eigenvalue weighted by Crippen LogP contribution is 2.15. The van der Waals surface area contributed by atoms with Crippen LogP contribution < -0.4 is 10.6 Å². The summed E-state index contributed by atoms with van der Waals surface area (Å²) < 4.78 is 15.2. The van der Waals surface area contributed by atoms with Gasteiger partial charge in [0.1, 0.15) is 12.1 Å². The Labute approximate surface area is 118 Å². The smallest absolute Gasteiger partial charge is 0.335 e. The average molecular weight is 293 g/mol. The van der Waals surface area contributed by atoms with E-state index in [0.717, 1.165) is 6.07 Å². The molecule has 0 aliphatic carbocycles. The van der Waals surface area contributed by atoms with Gasteiger partial charge in [0.15, 0.2) is 5.82 Å². The number of amides is 2. The second-order valence-electron chi connectivity index (χ2n) is 4.17. The molecule has 9 heteroatoms. The second-order valence-corrected chi connectivity index (χ2v) is 4.17. The number of nitrogens with one attached hydrogen (secondary N) is 2. The van der Waals surface area contributed by atoms with Gasteiger partial charge in [0, 0.05) is 7.05 Å². The number of hydrogen-bond donors (Lipinski definition) is 3. The lowest BCUT2D eigenvalue weighted by Crippen LogP contribution is -2.29. The van der Waals surface area contributed by atoms with Crippen LogP contribution in [-0.4, -0.2) is 31.9 Å². The van der Waals surface area contributed by atoms with E-state index in [1.165, 1.54) is 18.5 Å². The summed E-state index contributed by atoms with van der Waals surface area (Å²) in [5, 5.41) is 20.9. The van der Waals surface area contributed by atoms with Crippen molar-refractivity contribution in [2.45, 2.75) is 6.54 Å². The van der Waals surface area contributed by atoms with Gasteiger partial charge in [0.2, 0.25) is 0 Å². The molecule has 110 valence electrons. The molecule has 0 saturated carbocycles. The van der Waals surface area contributed by atoms with Crippen LogP contribution in [0.2, 0.25) is 0 Å². The fourth-order valence-corrected chi connectivity index (χ4v) is 1.54. The Morgan fingerprint density at radius 3 is 2.76 bits per heavy atom. The molecule has 1 aromatic heterocycles. The molecule has 2 aromatic rings. The monoisotopic (exact) mass is 293 g/mol. The molecule has 0 bridgehead atoms. The van der Waals surface area contributed by atoms with Crippen molar-refractivity contribution >= 4 is 17.7 Å². The molecule has 0 aliphatic heterocycles. The Bertz CT molecular complexity index is 685. The van der Waals surface area contributed by atoms with Crippen molar-refractivity contribution in [3.05, 3.63) is 41.7 Å². The number of hydrogen-bond acceptors (Lipinski definition) is 4. The van der Waals surface area contributed by atoms with Gasteiger partial charge in [0.25, 0.3) is 0 Å². The van der Waals surface area contributed by atoms with Crippen LogP contribution in [0.15, 0.2) is 24.5 Å². The summed E-state index contributed by atoms with van der Waals surface area (Å²) in [5.74, 6) is -1.54. The van der Waals surface area contributed by atoms with E-state index in [0.29, 0.717) is 5.82 Å². The van der Waals surface area contributed by atoms with Crippen molar-refractivity contribution in [2.75, 3.05) is 5.32 Å². The largest absolute Gasteiger partial charge is 0.478 e. The topological polar surface area (TPSA) is 109 Å². The number of urea groups is 1. The Hall–Kier alpha value is -2.97. The first kappa shape index (κ1) is 14.4. The Balaban J connectivity index is 1.96. The van der Waals surface area contributed by atoms with Crippen LogP contribution in [0.25, 0.3) is 0 Å². The number of carboxylic acids is 1. The van der Waals surface area contributed by atoms with E-state index < -0.39 is 17.8 Å². The Morgan fingerprint density at radius 2 is 2.19 bits per heavy atom. The molecule has 3 N–H and O–H groups in total. The van der Waals surface area contributed by atoms with Gasteiger partial charge in [-0.2, -0.15) is 0 Å². The van der Waals surface area contributed by atoms with Crippen molar-refractivity contribution in [1.29, 1.82) is 0 Å². The molecule has 0 saturated heterocycles. The summed E-state index contributed by atoms with van der Waals surface area (Å²) in [6, 6.07) is 2.57. The van der Waals surface area contributed by atoms with Crippen molar-refractivity contribution in [3.8, 4) is 0 Å². The average Bonchev–Trinajstić information content (AvgIpc) is 2.84. The SMILES string of the molecule is Cn1cnnc1CNC(=O)Nc1ccc(C(=O)O)cc1F. The van der Waals surface area contributed by atoms with E-state index in [4.69, 9.17) is 5.11 Å². The number of aryl methyl sites for hydroxylation is 1. The van der Waals surface area contributed by atoms with E-state index in [9.17, 15) is 14.0 Å². The summed E-state index contributed by atoms with van der Waals surface area (Å²) in [7, 11) is 1.72. The maximum absolute atomic E-state index is 13.6. The number of carbonyl (C=O) groups is 2. The summed E-state index contributed by atoms with van der Waals surface area (Å²) in [5.41, 5.74) is -0.312. The predicted molar refractivity (Wildman–Crippen MR) is 70.2 cm³/mol. The minimum Gasteiger partial charge on any atom is -0.478 e. The third-order valence-electron chi connectivity index (χ3n) is 2.68. The Kier molecular flexibility index (Phi) is 4.12. The number of rotatable bonds is 4. The number of benzene rings is 1. The summed E-state index contributed by atoms with van der Waals surface area (Å²) in [6.07, 6.45) is 1.49. The van der Waals surface area contributed by atoms with Gasteiger partial charge >= 0.3 is 12.0 Å². The zero-order valence-corrected chi connectivity index (χ0v) is 11.0. The highest BCUT2D eigenvalue weighted by Gasteiger charge is 2.11. The molecular formula is C12H12FN5O3. The molecule has 21 heavy (non-hydrogen) atoms. The van der Waals surface area contributed by atoms with Crippen molar-refractivity contribution in [3.63, 3.8) is 0 Å². The first-order valence-corrected chi connectivity index (χ1v) is 5.88. The Morgan fingerprint density at radius 1 is 1.43 bits per heavy atom. The number of carbonyl (C=O) groups excluding carboxylic acids is 1. The fourth-order valence-electron chi connectivity index (χ4n) is 1.54. The molecule has 1 heterocycles. The van der Waals surface area contributed by atoms with Crippen molar-refractivity contribution < 1.29 is 19.1 Å². The van der Waals surface area contributed by atoms with E-state index in [1.807, 2.05) is 0 Å². The van der Waals surface area contributed by atoms with Crippen molar-refractivity contribution in [2.24, 2.45) is 7.05 Å². The fraction of sp³-hybridized carbons (Fsp3) is 0.167. The normalized spacial score (nSPS) is 10.2. The highest BCUT2D eigenvalue weighted by atomic mass is 19.1. The number of aromatic carboxylic acids is 1. The first-order chi connectivity index (χ1) is 9.97. The maximum atomic E-state index is 13.6. The first-order valence-electron chi connectivity index (χ1n) is 5.88. The minimum absolute atomic E-state index is 0.115. The number of halogens is 1. The van der Waals surface area contributed by atoms with Gasteiger partial charge in [-0.25, -0.2) is 14.0 Å². The van der Waals surface area contributed by atoms with Crippen LogP contribution in [0.1, 0.15) is 16.2 Å². The number of aromatic nitrogens is 3. The standard InChI is InChI=1S/C12H12FN5O3/c1-18-6-15-17-10(18)5-14-12(21)16-9-3-2-7(11(19)20)4-8(9)13/h2-4,6H,5H2,1H3,(H,19,20)(H2,14,16,21). The zero-order chi connectivity index (χ0) is 15.4. The number of carboxylic acid groups (broad SMARTS) is 1. The van der Waals surface area contributed by atoms with E-state index in [2.05, 4.69) is 20.8 Å². The molecule has 2 rings (SSSR count). The molecule has 0 aliphatic rings. The summed E-state index contributed by atoms with van der Waals surface area (Å²) in [6.45, 7) is 0.122. The van der Waals surface area contributed by atoms with Gasteiger partial charge in [-0.05, 0) is 18.2 Å². The molecule has 0 fully saturated rings. The molecule has 2 amide bonds. The molecular weight excluding hydrogens is 281 g/mol. The third kappa shape index (κ3) is 3.53. The lowest BCUT2D eigenvalue weighted by Gasteiger charge is -2.08. The molecule has 8 nitrogen and oxygen atoms in total. The van der Waals surface area contributed by atoms with Crippen LogP contribution in [0.4, 0.5) is 14.9 Å². The summed E-state index contributed by atoms with van der Waals surface area (Å²) >= 11 is 0. The minimum atomic E-state index is -1.24. The van der Waals surface area contributed by atoms with E-state index in [-0.39, 0.29) is 17.8 Å². The molecule has 0 unspecified atom stereocenters. The van der Waals surface area contributed by atoms with Gasteiger partial charge in [0.05, 0.1) is 17.8 Å². The zero-order valence-electron chi connectivity index (χ0n) is 11.0. The van der Waals surface area contributed by atoms with Crippen LogP contribution in [0.5, 0.6) is 0 Å². The van der Waals surface area contributed by atoms with Gasteiger partial charge in [-0.3, -0.25) is 0 Å². The van der Waals surface area contributed by atoms with E-state index >= 15 is 0 Å². The maximum Gasteiger partial charge on any atom is 0.335 e. The summed E-state index contributed by atoms with van der Waals surface area (Å²) in [4.78, 5) is 22.3. The van der Waals surface area contributed by atoms with Crippen LogP contribution in [-0.2, 0) is 13.6 Å². The van der Waals surface area contributed by atoms with Crippen LogP contribution >= 0.6 is 0 Å². The lowest BCUT2D eigenvalue weighted by atomic mass is 10.2. The van der Waals surface area contributed by atoms with Gasteiger partial charge in [-0.1, -0.05) is 0 Å². The molecule has 0 spiro atoms. The molecule has 1 aromatic carbocycles. The van der Waals surface area contributed by atoms with Gasteiger partial charge < -0.3 is 20.3 Å². The van der Waals surface area contributed by atoms with Gasteiger partial charge in [-0.15, -0.1) is 10.2 Å². The number of anilines is 1. The van der Waals surface area contributed by atoms with Crippen LogP contribution in [0, 0.1) is 5.82 Å². The predicted octanol–water partition coefficient (Wildman–Crippen LogP) is 0.974. The van der Waals surface area contributed by atoms with Crippen LogP contribution in [0.3, 0.4) is 0 Å². The lowest BCUT2D eigenvalue weighted by molar-refractivity contribution is 0.0696. The quantitative estimate of drug-likeness (QED) is 0.778. The number of nitrogens with zero attached hydrogens (tertiary/aromatic N) is 3. The van der Waals surface area contributed by atoms with Crippen molar-refractivity contribution in [1.82, 2.24) is 20.1 Å². The second kappa shape index (κ2) is 5.99. The van der Waals surface area contributed by atoms with E-state index in [1.54, 1.807) is 11.6 Å².